The van der Waals surface area contributed by atoms with Crippen molar-refractivity contribution in [3.8, 4) is 0 Å². The third kappa shape index (κ3) is 3.74. The summed E-state index contributed by atoms with van der Waals surface area (Å²) in [5.41, 5.74) is 5.21. The Morgan fingerprint density at radius 1 is 0.960 bits per heavy atom. The van der Waals surface area contributed by atoms with Crippen molar-refractivity contribution < 1.29 is 0 Å². The minimum atomic E-state index is 0.545. The molecule has 0 spiro atoms. The van der Waals surface area contributed by atoms with Gasteiger partial charge >= 0.3 is 0 Å². The lowest BCUT2D eigenvalue weighted by Gasteiger charge is -2.37. The summed E-state index contributed by atoms with van der Waals surface area (Å²) in [5.74, 6) is 0. The number of anilines is 2. The van der Waals surface area contributed by atoms with Gasteiger partial charge in [-0.2, -0.15) is 0 Å². The van der Waals surface area contributed by atoms with E-state index in [4.69, 9.17) is 23.2 Å². The van der Waals surface area contributed by atoms with Crippen LogP contribution >= 0.6 is 23.2 Å². The van der Waals surface area contributed by atoms with Crippen molar-refractivity contribution in [2.45, 2.75) is 31.8 Å². The minimum absolute atomic E-state index is 0.545. The number of nitrogens with one attached hydrogen (secondary N) is 2. The normalized spacial score (nSPS) is 17.2. The molecular weight excluding hydrogens is 353 g/mol. The second-order valence-electron chi connectivity index (χ2n) is 6.88. The zero-order valence-corrected chi connectivity index (χ0v) is 15.7. The molecule has 132 valence electrons. The lowest BCUT2D eigenvalue weighted by atomic mass is 10.0. The van der Waals surface area contributed by atoms with Crippen molar-refractivity contribution in [2.75, 3.05) is 29.9 Å². The van der Waals surface area contributed by atoms with E-state index < -0.39 is 0 Å². The van der Waals surface area contributed by atoms with Crippen molar-refractivity contribution in [3.63, 3.8) is 0 Å². The number of benzene rings is 2. The maximum absolute atomic E-state index is 6.24. The number of piperidine rings is 1. The van der Waals surface area contributed by atoms with E-state index in [0.29, 0.717) is 16.1 Å². The molecule has 25 heavy (non-hydrogen) atoms. The SMILES string of the molecule is Clc1ccc(CN(c2ccc3c(c2)CCN3)C2CCNCC2)cc1Cl. The number of fused-ring (bicyclic) bond motifs is 1. The Morgan fingerprint density at radius 3 is 2.60 bits per heavy atom. The highest BCUT2D eigenvalue weighted by Crippen LogP contribution is 2.32. The van der Waals surface area contributed by atoms with Gasteiger partial charge in [0.05, 0.1) is 10.0 Å². The molecule has 0 saturated carbocycles. The van der Waals surface area contributed by atoms with Gasteiger partial charge in [-0.05, 0) is 73.8 Å². The standard InChI is InChI=1S/C20H23Cl2N3/c21-18-3-1-14(11-19(18)22)13-25(16-6-8-23-9-7-16)17-2-4-20-15(12-17)5-10-24-20/h1-4,11-12,16,23-24H,5-10,13H2. The van der Waals surface area contributed by atoms with Gasteiger partial charge in [-0.1, -0.05) is 29.3 Å². The largest absolute Gasteiger partial charge is 0.384 e. The van der Waals surface area contributed by atoms with Gasteiger partial charge in [0.25, 0.3) is 0 Å². The number of rotatable bonds is 4. The van der Waals surface area contributed by atoms with Crippen LogP contribution in [0.25, 0.3) is 0 Å². The van der Waals surface area contributed by atoms with Crippen LogP contribution in [-0.4, -0.2) is 25.7 Å². The van der Waals surface area contributed by atoms with Crippen LogP contribution < -0.4 is 15.5 Å². The van der Waals surface area contributed by atoms with E-state index >= 15 is 0 Å². The fraction of sp³-hybridized carbons (Fsp3) is 0.400. The number of hydrogen-bond acceptors (Lipinski definition) is 3. The molecule has 0 aliphatic carbocycles. The van der Waals surface area contributed by atoms with Crippen LogP contribution in [0.2, 0.25) is 10.0 Å². The Kier molecular flexibility index (Phi) is 5.07. The second-order valence-corrected chi connectivity index (χ2v) is 7.69. The molecule has 0 radical (unpaired) electrons. The van der Waals surface area contributed by atoms with Crippen LogP contribution in [0, 0.1) is 0 Å². The molecule has 1 saturated heterocycles. The molecule has 2 aromatic rings. The minimum Gasteiger partial charge on any atom is -0.384 e. The summed E-state index contributed by atoms with van der Waals surface area (Å²) in [6.45, 7) is 4.05. The molecule has 2 aromatic carbocycles. The van der Waals surface area contributed by atoms with Gasteiger partial charge in [0.15, 0.2) is 0 Å². The summed E-state index contributed by atoms with van der Waals surface area (Å²) in [5, 5.41) is 8.16. The van der Waals surface area contributed by atoms with E-state index in [1.54, 1.807) is 0 Å². The second kappa shape index (κ2) is 7.45. The summed E-state index contributed by atoms with van der Waals surface area (Å²) < 4.78 is 0. The van der Waals surface area contributed by atoms with Crippen molar-refractivity contribution in [3.05, 3.63) is 57.6 Å². The van der Waals surface area contributed by atoms with Gasteiger partial charge < -0.3 is 15.5 Å². The van der Waals surface area contributed by atoms with Crippen LogP contribution in [0.5, 0.6) is 0 Å². The highest BCUT2D eigenvalue weighted by Gasteiger charge is 2.23. The van der Waals surface area contributed by atoms with Crippen LogP contribution in [0.15, 0.2) is 36.4 Å². The predicted molar refractivity (Wildman–Crippen MR) is 107 cm³/mol. The molecule has 0 bridgehead atoms. The number of hydrogen-bond donors (Lipinski definition) is 2. The predicted octanol–water partition coefficient (Wildman–Crippen LogP) is 4.72. The summed E-state index contributed by atoms with van der Waals surface area (Å²) in [6, 6.07) is 13.3. The molecule has 2 N–H and O–H groups in total. The molecule has 2 heterocycles. The monoisotopic (exact) mass is 375 g/mol. The molecular formula is C20H23Cl2N3. The molecule has 5 heteroatoms. The molecule has 1 fully saturated rings. The van der Waals surface area contributed by atoms with Gasteiger partial charge in [0.1, 0.15) is 0 Å². The average molecular weight is 376 g/mol. The first-order valence-corrected chi connectivity index (χ1v) is 9.74. The third-order valence-corrected chi connectivity index (χ3v) is 5.96. The van der Waals surface area contributed by atoms with Crippen LogP contribution in [-0.2, 0) is 13.0 Å². The first-order valence-electron chi connectivity index (χ1n) is 8.99. The highest BCUT2D eigenvalue weighted by molar-refractivity contribution is 6.42. The summed E-state index contributed by atoms with van der Waals surface area (Å²) in [4.78, 5) is 2.54. The van der Waals surface area contributed by atoms with E-state index in [9.17, 15) is 0 Å². The van der Waals surface area contributed by atoms with E-state index in [-0.39, 0.29) is 0 Å². The number of halogens is 2. The maximum Gasteiger partial charge on any atom is 0.0595 e. The lowest BCUT2D eigenvalue weighted by molar-refractivity contribution is 0.428. The summed E-state index contributed by atoms with van der Waals surface area (Å²) in [6.07, 6.45) is 3.43. The lowest BCUT2D eigenvalue weighted by Crippen LogP contribution is -2.43. The molecule has 0 amide bonds. The van der Waals surface area contributed by atoms with Gasteiger partial charge in [-0.3, -0.25) is 0 Å². The van der Waals surface area contributed by atoms with E-state index in [0.717, 1.165) is 45.4 Å². The molecule has 0 unspecified atom stereocenters. The first kappa shape index (κ1) is 17.0. The van der Waals surface area contributed by atoms with Crippen molar-refractivity contribution in [1.82, 2.24) is 5.32 Å². The molecule has 2 aliphatic heterocycles. The van der Waals surface area contributed by atoms with E-state index in [2.05, 4.69) is 39.8 Å². The number of nitrogens with zero attached hydrogens (tertiary/aromatic N) is 1. The fourth-order valence-corrected chi connectivity index (χ4v) is 4.17. The Bertz CT molecular complexity index is 757. The molecule has 0 aromatic heterocycles. The van der Waals surface area contributed by atoms with E-state index in [1.165, 1.54) is 22.5 Å². The average Bonchev–Trinajstić information content (AvgIpc) is 3.11. The molecule has 3 nitrogen and oxygen atoms in total. The first-order chi connectivity index (χ1) is 12.2. The molecule has 2 aliphatic rings. The van der Waals surface area contributed by atoms with Crippen LogP contribution in [0.4, 0.5) is 11.4 Å². The Labute approximate surface area is 159 Å². The summed E-state index contributed by atoms with van der Waals surface area (Å²) in [7, 11) is 0. The zero-order valence-electron chi connectivity index (χ0n) is 14.2. The van der Waals surface area contributed by atoms with Crippen LogP contribution in [0.3, 0.4) is 0 Å². The molecule has 4 rings (SSSR count). The third-order valence-electron chi connectivity index (χ3n) is 5.22. The van der Waals surface area contributed by atoms with Crippen molar-refractivity contribution >= 4 is 34.6 Å². The fourth-order valence-electron chi connectivity index (χ4n) is 3.85. The summed E-state index contributed by atoms with van der Waals surface area (Å²) >= 11 is 12.3. The van der Waals surface area contributed by atoms with Gasteiger partial charge in [-0.15, -0.1) is 0 Å². The quantitative estimate of drug-likeness (QED) is 0.809. The Morgan fingerprint density at radius 2 is 1.80 bits per heavy atom. The highest BCUT2D eigenvalue weighted by atomic mass is 35.5. The van der Waals surface area contributed by atoms with Gasteiger partial charge in [0.2, 0.25) is 0 Å². The van der Waals surface area contributed by atoms with Crippen molar-refractivity contribution in [1.29, 1.82) is 0 Å². The maximum atomic E-state index is 6.24. The Hall–Kier alpha value is -1.42. The van der Waals surface area contributed by atoms with Gasteiger partial charge in [-0.25, -0.2) is 0 Å². The van der Waals surface area contributed by atoms with Gasteiger partial charge in [0, 0.05) is 30.5 Å². The molecule has 0 atom stereocenters. The smallest absolute Gasteiger partial charge is 0.0595 e. The van der Waals surface area contributed by atoms with E-state index in [1.807, 2.05) is 12.1 Å². The van der Waals surface area contributed by atoms with Crippen molar-refractivity contribution in [2.24, 2.45) is 0 Å². The topological polar surface area (TPSA) is 27.3 Å². The Balaban J connectivity index is 1.64. The zero-order chi connectivity index (χ0) is 17.2. The van der Waals surface area contributed by atoms with Crippen LogP contribution in [0.1, 0.15) is 24.0 Å².